The average molecular weight is 520 g/mol. The maximum absolute atomic E-state index is 12.6. The number of thioether (sulfide) groups is 1. The van der Waals surface area contributed by atoms with Gasteiger partial charge in [-0.05, 0) is 57.0 Å². The molecule has 9 nitrogen and oxygen atoms in total. The Labute approximate surface area is 221 Å². The summed E-state index contributed by atoms with van der Waals surface area (Å²) in [5.74, 6) is -0.443. The summed E-state index contributed by atoms with van der Waals surface area (Å²) in [5.41, 5.74) is 12.0. The smallest absolute Gasteiger partial charge is 0.298 e. The third-order valence-electron chi connectivity index (χ3n) is 7.46. The first-order valence-electron chi connectivity index (χ1n) is 13.0. The molecule has 6 rings (SSSR count). The van der Waals surface area contributed by atoms with E-state index in [0.29, 0.717) is 11.7 Å². The van der Waals surface area contributed by atoms with Crippen molar-refractivity contribution >= 4 is 46.2 Å². The van der Waals surface area contributed by atoms with Crippen molar-refractivity contribution in [1.29, 1.82) is 0 Å². The topological polar surface area (TPSA) is 95.0 Å². The first kappa shape index (κ1) is 24.1. The number of amides is 1. The van der Waals surface area contributed by atoms with Crippen LogP contribution in [0.2, 0.25) is 0 Å². The summed E-state index contributed by atoms with van der Waals surface area (Å²) < 4.78 is 6.34. The lowest BCUT2D eigenvalue weighted by Gasteiger charge is -2.35. The van der Waals surface area contributed by atoms with Gasteiger partial charge in [0, 0.05) is 62.6 Å². The second-order valence-corrected chi connectivity index (χ2v) is 11.1. The number of hydrogen-bond donors (Lipinski definition) is 1. The van der Waals surface area contributed by atoms with Crippen LogP contribution in [0, 0.1) is 6.92 Å². The van der Waals surface area contributed by atoms with E-state index in [2.05, 4.69) is 49.8 Å². The number of benzene rings is 1. The second-order valence-electron chi connectivity index (χ2n) is 10.1. The molecule has 194 valence electrons. The zero-order chi connectivity index (χ0) is 25.5. The Morgan fingerprint density at radius 1 is 1.03 bits per heavy atom. The number of carbonyl (C=O) groups excluding carboxylic acids is 1. The minimum absolute atomic E-state index is 0.134. The molecular formula is C27H33N7O2S. The lowest BCUT2D eigenvalue weighted by molar-refractivity contribution is -0.114. The van der Waals surface area contributed by atoms with Crippen molar-refractivity contribution in [1.82, 2.24) is 14.9 Å². The number of pyridine rings is 1. The summed E-state index contributed by atoms with van der Waals surface area (Å²) >= 11 is 1.59. The van der Waals surface area contributed by atoms with Gasteiger partial charge in [-0.25, -0.2) is 0 Å². The number of nitrogens with two attached hydrogens (primary N) is 1. The fourth-order valence-electron chi connectivity index (χ4n) is 5.41. The van der Waals surface area contributed by atoms with E-state index in [1.54, 1.807) is 11.8 Å². The van der Waals surface area contributed by atoms with Gasteiger partial charge in [-0.2, -0.15) is 4.98 Å². The van der Waals surface area contributed by atoms with Crippen molar-refractivity contribution in [3.8, 4) is 0 Å². The summed E-state index contributed by atoms with van der Waals surface area (Å²) in [7, 11) is 2.14. The van der Waals surface area contributed by atoms with Crippen LogP contribution >= 0.6 is 11.8 Å². The zero-order valence-electron chi connectivity index (χ0n) is 21.4. The van der Waals surface area contributed by atoms with E-state index in [0.717, 1.165) is 85.8 Å². The van der Waals surface area contributed by atoms with Crippen LogP contribution in [0.1, 0.15) is 35.9 Å². The number of rotatable bonds is 5. The highest BCUT2D eigenvalue weighted by atomic mass is 32.2. The molecular weight excluding hydrogens is 486 g/mol. The number of fused-ring (bicyclic) bond motifs is 1. The minimum atomic E-state index is -0.443. The van der Waals surface area contributed by atoms with Gasteiger partial charge >= 0.3 is 0 Å². The van der Waals surface area contributed by atoms with Crippen molar-refractivity contribution in [2.24, 2.45) is 5.73 Å². The summed E-state index contributed by atoms with van der Waals surface area (Å²) in [6.07, 6.45) is 5.34. The van der Waals surface area contributed by atoms with Gasteiger partial charge in [0.1, 0.15) is 16.6 Å². The van der Waals surface area contributed by atoms with E-state index in [1.807, 2.05) is 24.6 Å². The Balaban J connectivity index is 1.47. The predicted octanol–water partition coefficient (Wildman–Crippen LogP) is 3.85. The third kappa shape index (κ3) is 4.64. The molecule has 2 N–H and O–H groups in total. The molecule has 37 heavy (non-hydrogen) atoms. The number of likely N-dealkylation sites (N-methyl/N-ethyl adjacent to an activating group) is 1. The normalized spacial score (nSPS) is 21.1. The molecule has 2 saturated heterocycles. The lowest BCUT2D eigenvalue weighted by atomic mass is 10.1. The van der Waals surface area contributed by atoms with Gasteiger partial charge < -0.3 is 29.8 Å². The molecule has 1 atom stereocenters. The monoisotopic (exact) mass is 519 g/mol. The molecule has 10 heteroatoms. The number of carbonyl (C=O) groups is 1. The van der Waals surface area contributed by atoms with Gasteiger partial charge in [0.2, 0.25) is 0 Å². The third-order valence-corrected chi connectivity index (χ3v) is 8.56. The Morgan fingerprint density at radius 2 is 1.81 bits per heavy atom. The Hall–Kier alpha value is -3.24. The SMILES string of the molecule is Cc1cc(C2SC=C(C(N)=O)N2c2cc3oc(N4CCN(C)CC4)nc3cc2N2CCCCC2)ccn1. The molecule has 0 spiro atoms. The molecule has 1 amide bonds. The van der Waals surface area contributed by atoms with Gasteiger partial charge in [0.15, 0.2) is 5.58 Å². The van der Waals surface area contributed by atoms with Gasteiger partial charge in [-0.15, -0.1) is 11.8 Å². The lowest BCUT2D eigenvalue weighted by Crippen LogP contribution is -2.44. The molecule has 3 aliphatic heterocycles. The van der Waals surface area contributed by atoms with Gasteiger partial charge in [-0.1, -0.05) is 0 Å². The van der Waals surface area contributed by atoms with Crippen LogP contribution in [0.15, 0.2) is 46.0 Å². The quantitative estimate of drug-likeness (QED) is 0.539. The van der Waals surface area contributed by atoms with E-state index >= 15 is 0 Å². The molecule has 2 fully saturated rings. The zero-order valence-corrected chi connectivity index (χ0v) is 22.2. The second kappa shape index (κ2) is 9.90. The number of aryl methyl sites for hydroxylation is 1. The largest absolute Gasteiger partial charge is 0.423 e. The van der Waals surface area contributed by atoms with Gasteiger partial charge in [-0.3, -0.25) is 9.78 Å². The number of oxazole rings is 1. The molecule has 1 aromatic carbocycles. The van der Waals surface area contributed by atoms with Crippen molar-refractivity contribution in [2.75, 3.05) is 61.0 Å². The number of aromatic nitrogens is 2. The summed E-state index contributed by atoms with van der Waals surface area (Å²) in [6, 6.07) is 8.92. The number of piperazine rings is 1. The standard InChI is InChI=1S/C27H33N7O2S/c1-18-14-19(6-7-29-18)26-34(23(17-37-26)25(28)35)22-16-24-20(15-21(22)32-8-4-3-5-9-32)30-27(36-24)33-12-10-31(2)11-13-33/h6-7,14-17,26H,3-5,8-13H2,1-2H3,(H2,28,35). The van der Waals surface area contributed by atoms with Crippen LogP contribution < -0.4 is 20.4 Å². The van der Waals surface area contributed by atoms with E-state index in [-0.39, 0.29) is 5.37 Å². The van der Waals surface area contributed by atoms with Crippen LogP contribution in [-0.2, 0) is 4.79 Å². The van der Waals surface area contributed by atoms with E-state index in [4.69, 9.17) is 15.1 Å². The fourth-order valence-corrected chi connectivity index (χ4v) is 6.55. The number of primary amides is 1. The average Bonchev–Trinajstić information content (AvgIpc) is 3.53. The molecule has 0 radical (unpaired) electrons. The predicted molar refractivity (Wildman–Crippen MR) is 149 cm³/mol. The number of piperidine rings is 1. The Kier molecular flexibility index (Phi) is 6.46. The fraction of sp³-hybridized carbons (Fsp3) is 0.444. The molecule has 3 aliphatic rings. The molecule has 1 unspecified atom stereocenters. The molecule has 0 aliphatic carbocycles. The van der Waals surface area contributed by atoms with Gasteiger partial charge in [0.25, 0.3) is 11.9 Å². The number of hydrogen-bond acceptors (Lipinski definition) is 9. The first-order valence-corrected chi connectivity index (χ1v) is 13.9. The Bertz CT molecular complexity index is 1340. The van der Waals surface area contributed by atoms with Crippen LogP contribution in [0.25, 0.3) is 11.1 Å². The van der Waals surface area contributed by atoms with Gasteiger partial charge in [0.05, 0.1) is 11.4 Å². The van der Waals surface area contributed by atoms with Crippen LogP contribution in [0.5, 0.6) is 0 Å². The van der Waals surface area contributed by atoms with Crippen LogP contribution in [-0.4, -0.2) is 67.1 Å². The molecule has 0 saturated carbocycles. The first-order chi connectivity index (χ1) is 18.0. The maximum atomic E-state index is 12.6. The Morgan fingerprint density at radius 3 is 2.54 bits per heavy atom. The van der Waals surface area contributed by atoms with E-state index in [9.17, 15) is 4.79 Å². The minimum Gasteiger partial charge on any atom is -0.423 e. The number of anilines is 3. The highest BCUT2D eigenvalue weighted by Crippen LogP contribution is 2.49. The summed E-state index contributed by atoms with van der Waals surface area (Å²) in [4.78, 5) is 30.9. The van der Waals surface area contributed by atoms with Crippen LogP contribution in [0.3, 0.4) is 0 Å². The van der Waals surface area contributed by atoms with E-state index < -0.39 is 5.91 Å². The summed E-state index contributed by atoms with van der Waals surface area (Å²) in [6.45, 7) is 7.65. The van der Waals surface area contributed by atoms with Crippen molar-refractivity contribution in [3.05, 3.63) is 52.8 Å². The highest BCUT2D eigenvalue weighted by Gasteiger charge is 2.35. The van der Waals surface area contributed by atoms with Crippen molar-refractivity contribution in [2.45, 2.75) is 31.6 Å². The summed E-state index contributed by atoms with van der Waals surface area (Å²) in [5, 5.41) is 1.74. The van der Waals surface area contributed by atoms with Crippen molar-refractivity contribution in [3.63, 3.8) is 0 Å². The maximum Gasteiger partial charge on any atom is 0.298 e. The van der Waals surface area contributed by atoms with E-state index in [1.165, 1.54) is 6.42 Å². The molecule has 0 bridgehead atoms. The number of nitrogens with zero attached hydrogens (tertiary/aromatic N) is 6. The molecule has 5 heterocycles. The van der Waals surface area contributed by atoms with Crippen LogP contribution in [0.4, 0.5) is 17.4 Å². The molecule has 3 aromatic rings. The highest BCUT2D eigenvalue weighted by molar-refractivity contribution is 8.02. The van der Waals surface area contributed by atoms with Crippen molar-refractivity contribution < 1.29 is 9.21 Å². The molecule has 2 aromatic heterocycles.